The molecule has 0 aliphatic carbocycles. The third-order valence-corrected chi connectivity index (χ3v) is 5.18. The number of ether oxygens (including phenoxy) is 1. The van der Waals surface area contributed by atoms with Crippen LogP contribution in [0.3, 0.4) is 0 Å². The van der Waals surface area contributed by atoms with E-state index in [0.29, 0.717) is 6.54 Å². The lowest BCUT2D eigenvalue weighted by Gasteiger charge is -2.23. The molecule has 0 aromatic rings. The Labute approximate surface area is 105 Å². The highest BCUT2D eigenvalue weighted by atomic mass is 79.9. The van der Waals surface area contributed by atoms with Gasteiger partial charge in [0.1, 0.15) is 4.83 Å². The normalized spacial score (nSPS) is 14.6. The topological polar surface area (TPSA) is 72.5 Å². The van der Waals surface area contributed by atoms with Crippen molar-refractivity contribution < 1.29 is 17.9 Å². The van der Waals surface area contributed by atoms with Crippen molar-refractivity contribution in [2.24, 2.45) is 0 Å². The van der Waals surface area contributed by atoms with Gasteiger partial charge in [-0.1, -0.05) is 15.9 Å². The first kappa shape index (κ1) is 15.9. The van der Waals surface area contributed by atoms with Crippen molar-refractivity contribution in [1.82, 2.24) is 5.32 Å². The van der Waals surface area contributed by atoms with Gasteiger partial charge in [-0.25, -0.2) is 8.42 Å². The van der Waals surface area contributed by atoms with E-state index in [1.54, 1.807) is 13.8 Å². The van der Waals surface area contributed by atoms with Crippen molar-refractivity contribution in [3.63, 3.8) is 0 Å². The molecule has 0 aliphatic rings. The van der Waals surface area contributed by atoms with Crippen molar-refractivity contribution >= 4 is 31.7 Å². The summed E-state index contributed by atoms with van der Waals surface area (Å²) in [6.07, 6.45) is 1.20. The first-order valence-corrected chi connectivity index (χ1v) is 7.55. The van der Waals surface area contributed by atoms with Gasteiger partial charge in [0.25, 0.3) is 0 Å². The molecule has 1 unspecified atom stereocenters. The van der Waals surface area contributed by atoms with E-state index in [-0.39, 0.29) is 12.5 Å². The van der Waals surface area contributed by atoms with Crippen LogP contribution < -0.4 is 5.32 Å². The van der Waals surface area contributed by atoms with Gasteiger partial charge in [0.05, 0.1) is 11.9 Å². The molecule has 0 amide bonds. The highest BCUT2D eigenvalue weighted by Crippen LogP contribution is 2.13. The molecule has 0 radical (unpaired) electrons. The van der Waals surface area contributed by atoms with Gasteiger partial charge >= 0.3 is 5.97 Å². The Morgan fingerprint density at radius 1 is 1.50 bits per heavy atom. The van der Waals surface area contributed by atoms with Gasteiger partial charge in [-0.2, -0.15) is 0 Å². The molecular weight excluding hydrogens is 298 g/mol. The number of esters is 1. The van der Waals surface area contributed by atoms with E-state index in [4.69, 9.17) is 0 Å². The summed E-state index contributed by atoms with van der Waals surface area (Å²) in [6.45, 7) is 3.88. The molecule has 0 bridgehead atoms. The zero-order chi connectivity index (χ0) is 13.0. The molecule has 0 heterocycles. The van der Waals surface area contributed by atoms with Crippen LogP contribution in [0.5, 0.6) is 0 Å². The minimum absolute atomic E-state index is 0.283. The Bertz CT molecular complexity index is 339. The van der Waals surface area contributed by atoms with Gasteiger partial charge in [0.15, 0.2) is 9.84 Å². The van der Waals surface area contributed by atoms with E-state index in [2.05, 4.69) is 26.0 Å². The van der Waals surface area contributed by atoms with Crippen molar-refractivity contribution in [2.75, 3.05) is 26.5 Å². The largest absolute Gasteiger partial charge is 0.468 e. The molecule has 0 saturated carbocycles. The number of methoxy groups -OCH3 is 1. The second-order valence-electron chi connectivity index (χ2n) is 4.15. The molecule has 0 aromatic carbocycles. The highest BCUT2D eigenvalue weighted by Gasteiger charge is 2.30. The van der Waals surface area contributed by atoms with Crippen molar-refractivity contribution in [3.05, 3.63) is 0 Å². The summed E-state index contributed by atoms with van der Waals surface area (Å²) < 4.78 is 26.4. The number of alkyl halides is 1. The van der Waals surface area contributed by atoms with Crippen LogP contribution in [0.25, 0.3) is 0 Å². The Kier molecular flexibility index (Phi) is 5.92. The number of carbonyl (C=O) groups excluding carboxylic acids is 1. The standard InChI is InChI=1S/C9H18BrNO4S/c1-9(2,16(4,13)14)6-11-5-7(10)8(12)15-3/h7,11H,5-6H2,1-4H3. The maximum absolute atomic E-state index is 11.4. The minimum atomic E-state index is -3.12. The number of nitrogens with one attached hydrogen (secondary N) is 1. The average Bonchev–Trinajstić information content (AvgIpc) is 2.14. The third kappa shape index (κ3) is 4.80. The van der Waals surface area contributed by atoms with Crippen molar-refractivity contribution in [2.45, 2.75) is 23.4 Å². The van der Waals surface area contributed by atoms with E-state index < -0.39 is 19.4 Å². The molecule has 5 nitrogen and oxygen atoms in total. The molecule has 0 spiro atoms. The summed E-state index contributed by atoms with van der Waals surface area (Å²) in [5, 5.41) is 2.92. The summed E-state index contributed by atoms with van der Waals surface area (Å²) in [4.78, 5) is 10.6. The van der Waals surface area contributed by atoms with Crippen LogP contribution in [-0.4, -0.2) is 50.4 Å². The second-order valence-corrected chi connectivity index (χ2v) is 7.91. The first-order chi connectivity index (χ1) is 7.12. The van der Waals surface area contributed by atoms with Crippen LogP contribution in [0.4, 0.5) is 0 Å². The smallest absolute Gasteiger partial charge is 0.320 e. The lowest BCUT2D eigenvalue weighted by molar-refractivity contribution is -0.139. The third-order valence-electron chi connectivity index (χ3n) is 2.33. The fraction of sp³-hybridized carbons (Fsp3) is 0.889. The number of rotatable bonds is 6. The quantitative estimate of drug-likeness (QED) is 0.565. The van der Waals surface area contributed by atoms with E-state index in [1.165, 1.54) is 13.4 Å². The Hall–Kier alpha value is -0.140. The summed E-state index contributed by atoms with van der Waals surface area (Å²) >= 11 is 3.14. The Balaban J connectivity index is 4.14. The molecule has 16 heavy (non-hydrogen) atoms. The molecule has 0 saturated heterocycles. The van der Waals surface area contributed by atoms with Crippen LogP contribution in [-0.2, 0) is 19.4 Å². The number of carbonyl (C=O) groups is 1. The second kappa shape index (κ2) is 5.97. The maximum Gasteiger partial charge on any atom is 0.320 e. The van der Waals surface area contributed by atoms with Gasteiger partial charge in [-0.3, -0.25) is 4.79 Å². The minimum Gasteiger partial charge on any atom is -0.468 e. The summed E-state index contributed by atoms with van der Waals surface area (Å²) in [7, 11) is -1.82. The van der Waals surface area contributed by atoms with Crippen LogP contribution in [0.1, 0.15) is 13.8 Å². The number of hydrogen-bond acceptors (Lipinski definition) is 5. The van der Waals surface area contributed by atoms with E-state index in [1.807, 2.05) is 0 Å². The summed E-state index contributed by atoms with van der Waals surface area (Å²) in [5.74, 6) is -0.385. The number of hydrogen-bond donors (Lipinski definition) is 1. The van der Waals surface area contributed by atoms with E-state index >= 15 is 0 Å². The Morgan fingerprint density at radius 2 is 2.00 bits per heavy atom. The lowest BCUT2D eigenvalue weighted by Crippen LogP contribution is -2.44. The monoisotopic (exact) mass is 315 g/mol. The molecule has 7 heteroatoms. The van der Waals surface area contributed by atoms with Gasteiger partial charge in [-0.15, -0.1) is 0 Å². The first-order valence-electron chi connectivity index (χ1n) is 4.74. The summed E-state index contributed by atoms with van der Waals surface area (Å²) in [6, 6.07) is 0. The fourth-order valence-corrected chi connectivity index (χ4v) is 1.62. The molecule has 0 aliphatic heterocycles. The number of sulfone groups is 1. The summed E-state index contributed by atoms with van der Waals surface area (Å²) in [5.41, 5.74) is 0. The highest BCUT2D eigenvalue weighted by molar-refractivity contribution is 9.10. The zero-order valence-electron chi connectivity index (χ0n) is 9.91. The van der Waals surface area contributed by atoms with Gasteiger partial charge in [0, 0.05) is 19.3 Å². The lowest BCUT2D eigenvalue weighted by atomic mass is 10.2. The van der Waals surface area contributed by atoms with Crippen molar-refractivity contribution in [1.29, 1.82) is 0 Å². The molecule has 0 aromatic heterocycles. The molecule has 0 rings (SSSR count). The van der Waals surface area contributed by atoms with E-state index in [9.17, 15) is 13.2 Å². The number of halogens is 1. The molecule has 0 fully saturated rings. The Morgan fingerprint density at radius 3 is 2.38 bits per heavy atom. The zero-order valence-corrected chi connectivity index (χ0v) is 12.3. The van der Waals surface area contributed by atoms with Crippen LogP contribution in [0.15, 0.2) is 0 Å². The molecule has 1 N–H and O–H groups in total. The van der Waals surface area contributed by atoms with Crippen LogP contribution in [0, 0.1) is 0 Å². The predicted molar refractivity (Wildman–Crippen MR) is 66.5 cm³/mol. The molecule has 1 atom stereocenters. The van der Waals surface area contributed by atoms with Gasteiger partial charge in [0.2, 0.25) is 0 Å². The van der Waals surface area contributed by atoms with Gasteiger partial charge < -0.3 is 10.1 Å². The van der Waals surface area contributed by atoms with E-state index in [0.717, 1.165) is 0 Å². The SMILES string of the molecule is COC(=O)C(Br)CNCC(C)(C)S(C)(=O)=O. The average molecular weight is 316 g/mol. The molecular formula is C9H18BrNO4S. The predicted octanol–water partition coefficient (Wildman–Crippen LogP) is 0.336. The van der Waals surface area contributed by atoms with Crippen LogP contribution in [0.2, 0.25) is 0 Å². The maximum atomic E-state index is 11.4. The van der Waals surface area contributed by atoms with Gasteiger partial charge in [-0.05, 0) is 13.8 Å². The fourth-order valence-electron chi connectivity index (χ4n) is 0.842. The van der Waals surface area contributed by atoms with Crippen LogP contribution >= 0.6 is 15.9 Å². The van der Waals surface area contributed by atoms with Crippen molar-refractivity contribution in [3.8, 4) is 0 Å². The molecule has 96 valence electrons.